The van der Waals surface area contributed by atoms with Crippen molar-refractivity contribution in [3.8, 4) is 0 Å². The summed E-state index contributed by atoms with van der Waals surface area (Å²) in [6.45, 7) is -0.0550. The molecular formula is C9H7N2O2. The van der Waals surface area contributed by atoms with Crippen LogP contribution >= 0.6 is 0 Å². The first-order chi connectivity index (χ1) is 6.27. The zero-order chi connectivity index (χ0) is 9.26. The lowest BCUT2D eigenvalue weighted by Crippen LogP contribution is -2.07. The highest BCUT2D eigenvalue weighted by atomic mass is 16.4. The van der Waals surface area contributed by atoms with E-state index in [1.54, 1.807) is 16.8 Å². The summed E-state index contributed by atoms with van der Waals surface area (Å²) in [7, 11) is 0. The van der Waals surface area contributed by atoms with E-state index in [1.807, 2.05) is 6.07 Å². The standard InChI is InChI=1S/C9H7N2O2/c12-8(13)6-11-5-3-7-2-1-4-10-9(7)11/h2-5H,6H2,(H,12,13). The molecule has 0 amide bonds. The molecule has 2 aromatic rings. The number of rotatable bonds is 2. The molecular weight excluding hydrogens is 168 g/mol. The van der Waals surface area contributed by atoms with Gasteiger partial charge in [-0.25, -0.2) is 4.98 Å². The molecule has 0 unspecified atom stereocenters. The minimum absolute atomic E-state index is 0.0550. The average molecular weight is 175 g/mol. The zero-order valence-corrected chi connectivity index (χ0v) is 6.77. The lowest BCUT2D eigenvalue weighted by molar-refractivity contribution is -0.137. The van der Waals surface area contributed by atoms with Crippen molar-refractivity contribution >= 4 is 17.0 Å². The van der Waals surface area contributed by atoms with Crippen LogP contribution in [0.2, 0.25) is 0 Å². The monoisotopic (exact) mass is 175 g/mol. The Kier molecular flexibility index (Phi) is 1.73. The maximum Gasteiger partial charge on any atom is 0.323 e. The summed E-state index contributed by atoms with van der Waals surface area (Å²) in [4.78, 5) is 14.5. The van der Waals surface area contributed by atoms with Gasteiger partial charge in [0, 0.05) is 23.8 Å². The molecule has 0 bridgehead atoms. The van der Waals surface area contributed by atoms with Crippen molar-refractivity contribution < 1.29 is 9.90 Å². The van der Waals surface area contributed by atoms with E-state index in [2.05, 4.69) is 11.1 Å². The second kappa shape index (κ2) is 2.90. The van der Waals surface area contributed by atoms with Crippen molar-refractivity contribution in [3.63, 3.8) is 0 Å². The lowest BCUT2D eigenvalue weighted by atomic mass is 10.3. The summed E-state index contributed by atoms with van der Waals surface area (Å²) in [5, 5.41) is 9.49. The summed E-state index contributed by atoms with van der Waals surface area (Å²) in [5.41, 5.74) is 0.682. The molecule has 0 fully saturated rings. The molecule has 0 aromatic carbocycles. The van der Waals surface area contributed by atoms with E-state index in [4.69, 9.17) is 5.11 Å². The fourth-order valence-corrected chi connectivity index (χ4v) is 1.24. The molecule has 65 valence electrons. The largest absolute Gasteiger partial charge is 0.480 e. The van der Waals surface area contributed by atoms with E-state index in [-0.39, 0.29) is 6.54 Å². The summed E-state index contributed by atoms with van der Waals surface area (Å²) >= 11 is 0. The number of carboxylic acid groups (broad SMARTS) is 1. The van der Waals surface area contributed by atoms with Crippen LogP contribution in [0.3, 0.4) is 0 Å². The first-order valence-corrected chi connectivity index (χ1v) is 3.80. The Morgan fingerprint density at radius 3 is 3.31 bits per heavy atom. The molecule has 0 aliphatic heterocycles. The van der Waals surface area contributed by atoms with Gasteiger partial charge < -0.3 is 9.67 Å². The van der Waals surface area contributed by atoms with Crippen LogP contribution in [0.1, 0.15) is 0 Å². The second-order valence-electron chi connectivity index (χ2n) is 2.69. The van der Waals surface area contributed by atoms with Gasteiger partial charge in [0.25, 0.3) is 0 Å². The van der Waals surface area contributed by atoms with E-state index in [9.17, 15) is 4.79 Å². The van der Waals surface area contributed by atoms with Gasteiger partial charge in [0.1, 0.15) is 12.2 Å². The number of hydrogen-bond donors (Lipinski definition) is 1. The van der Waals surface area contributed by atoms with Crippen LogP contribution in [0.25, 0.3) is 11.0 Å². The van der Waals surface area contributed by atoms with Crippen LogP contribution in [0.5, 0.6) is 0 Å². The molecule has 0 spiro atoms. The van der Waals surface area contributed by atoms with Crippen LogP contribution in [0, 0.1) is 6.07 Å². The summed E-state index contributed by atoms with van der Waals surface area (Å²) in [6, 6.07) is 6.43. The SMILES string of the molecule is O=C(O)Cn1ccc2c[c]cnc21. The first kappa shape index (κ1) is 7.79. The number of hydrogen-bond acceptors (Lipinski definition) is 2. The predicted octanol–water partition coefficient (Wildman–Crippen LogP) is 0.921. The van der Waals surface area contributed by atoms with Gasteiger partial charge in [-0.05, 0) is 12.1 Å². The Labute approximate surface area is 74.4 Å². The Bertz CT molecular complexity index is 448. The highest BCUT2D eigenvalue weighted by Crippen LogP contribution is 2.11. The van der Waals surface area contributed by atoms with Gasteiger partial charge in [0.15, 0.2) is 0 Å². The van der Waals surface area contributed by atoms with Crippen LogP contribution in [-0.2, 0) is 11.3 Å². The van der Waals surface area contributed by atoms with E-state index >= 15 is 0 Å². The molecule has 13 heavy (non-hydrogen) atoms. The predicted molar refractivity (Wildman–Crippen MR) is 46.2 cm³/mol. The summed E-state index contributed by atoms with van der Waals surface area (Å²) in [6.07, 6.45) is 3.24. The fourth-order valence-electron chi connectivity index (χ4n) is 1.24. The molecule has 4 heteroatoms. The van der Waals surface area contributed by atoms with Gasteiger partial charge in [0.05, 0.1) is 0 Å². The van der Waals surface area contributed by atoms with Gasteiger partial charge >= 0.3 is 5.97 Å². The normalized spacial score (nSPS) is 10.5. The Morgan fingerprint density at radius 1 is 1.69 bits per heavy atom. The Morgan fingerprint density at radius 2 is 2.54 bits per heavy atom. The first-order valence-electron chi connectivity index (χ1n) is 3.80. The number of fused-ring (bicyclic) bond motifs is 1. The van der Waals surface area contributed by atoms with E-state index in [0.29, 0.717) is 5.65 Å². The quantitative estimate of drug-likeness (QED) is 0.738. The molecule has 2 heterocycles. The third-order valence-corrected chi connectivity index (χ3v) is 1.77. The smallest absolute Gasteiger partial charge is 0.323 e. The number of carbonyl (C=O) groups is 1. The van der Waals surface area contributed by atoms with Gasteiger partial charge in [-0.2, -0.15) is 0 Å². The molecule has 0 atom stereocenters. The van der Waals surface area contributed by atoms with Gasteiger partial charge in [-0.3, -0.25) is 4.79 Å². The maximum atomic E-state index is 10.5. The molecule has 0 aliphatic rings. The van der Waals surface area contributed by atoms with E-state index < -0.39 is 5.97 Å². The van der Waals surface area contributed by atoms with Crippen molar-refractivity contribution in [1.29, 1.82) is 0 Å². The average Bonchev–Trinajstić information content (AvgIpc) is 2.48. The van der Waals surface area contributed by atoms with Crippen LogP contribution in [0.15, 0.2) is 24.5 Å². The van der Waals surface area contributed by atoms with Crippen molar-refractivity contribution in [2.75, 3.05) is 0 Å². The lowest BCUT2D eigenvalue weighted by Gasteiger charge is -1.98. The van der Waals surface area contributed by atoms with Crippen molar-refractivity contribution in [1.82, 2.24) is 9.55 Å². The molecule has 4 nitrogen and oxygen atoms in total. The minimum Gasteiger partial charge on any atom is -0.480 e. The van der Waals surface area contributed by atoms with Crippen LogP contribution in [-0.4, -0.2) is 20.6 Å². The number of aliphatic carboxylic acids is 1. The Balaban J connectivity index is 2.51. The highest BCUT2D eigenvalue weighted by molar-refractivity contribution is 5.77. The van der Waals surface area contributed by atoms with E-state index in [1.165, 1.54) is 6.20 Å². The number of aromatic nitrogens is 2. The second-order valence-corrected chi connectivity index (χ2v) is 2.69. The molecule has 0 aliphatic carbocycles. The number of carboxylic acids is 1. The third-order valence-electron chi connectivity index (χ3n) is 1.77. The topological polar surface area (TPSA) is 55.1 Å². The van der Waals surface area contributed by atoms with Crippen LogP contribution < -0.4 is 0 Å². The molecule has 1 N–H and O–H groups in total. The highest BCUT2D eigenvalue weighted by Gasteiger charge is 2.03. The Hall–Kier alpha value is -1.84. The van der Waals surface area contributed by atoms with Crippen molar-refractivity contribution in [3.05, 3.63) is 30.6 Å². The third kappa shape index (κ3) is 1.38. The van der Waals surface area contributed by atoms with E-state index in [0.717, 1.165) is 5.39 Å². The molecule has 1 radical (unpaired) electrons. The molecule has 2 rings (SSSR count). The molecule has 0 saturated carbocycles. The zero-order valence-electron chi connectivity index (χ0n) is 6.77. The molecule has 2 aromatic heterocycles. The molecule has 0 saturated heterocycles. The minimum atomic E-state index is -0.868. The summed E-state index contributed by atoms with van der Waals surface area (Å²) in [5.74, 6) is -0.868. The summed E-state index contributed by atoms with van der Waals surface area (Å²) < 4.78 is 1.59. The van der Waals surface area contributed by atoms with Crippen molar-refractivity contribution in [2.24, 2.45) is 0 Å². The van der Waals surface area contributed by atoms with Crippen LogP contribution in [0.4, 0.5) is 0 Å². The fraction of sp³-hybridized carbons (Fsp3) is 0.111. The number of pyridine rings is 1. The maximum absolute atomic E-state index is 10.5. The van der Waals surface area contributed by atoms with Gasteiger partial charge in [-0.15, -0.1) is 0 Å². The van der Waals surface area contributed by atoms with Crippen molar-refractivity contribution in [2.45, 2.75) is 6.54 Å². The number of nitrogens with zero attached hydrogens (tertiary/aromatic N) is 2. The van der Waals surface area contributed by atoms with Gasteiger partial charge in [-0.1, -0.05) is 0 Å². The van der Waals surface area contributed by atoms with Gasteiger partial charge in [0.2, 0.25) is 0 Å².